The zero-order chi connectivity index (χ0) is 12.1. The van der Waals surface area contributed by atoms with Gasteiger partial charge in [-0.1, -0.05) is 5.16 Å². The molecule has 88 valence electrons. The van der Waals surface area contributed by atoms with E-state index in [1.807, 2.05) is 0 Å². The second kappa shape index (κ2) is 5.26. The number of aliphatic carboxylic acids is 1. The van der Waals surface area contributed by atoms with Gasteiger partial charge in [-0.2, -0.15) is 0 Å². The van der Waals surface area contributed by atoms with Gasteiger partial charge in [-0.05, 0) is 13.3 Å². The van der Waals surface area contributed by atoms with Crippen molar-refractivity contribution in [2.45, 2.75) is 25.8 Å². The number of carbonyl (C=O) groups is 2. The standard InChI is InChI=1S/C9H13N3O4/c1-5-4-7(12-16-5)11-9(15)6(10)2-3-8(13)14/h4,6H,2-3,10H2,1H3,(H,13,14)(H,11,12,15). The first kappa shape index (κ1) is 12.2. The number of carbonyl (C=O) groups excluding carboxylic acids is 1. The largest absolute Gasteiger partial charge is 0.481 e. The molecule has 1 rings (SSSR count). The van der Waals surface area contributed by atoms with Gasteiger partial charge in [0.25, 0.3) is 0 Å². The molecule has 0 bridgehead atoms. The van der Waals surface area contributed by atoms with Crippen molar-refractivity contribution in [3.63, 3.8) is 0 Å². The van der Waals surface area contributed by atoms with Gasteiger partial charge in [-0.3, -0.25) is 9.59 Å². The summed E-state index contributed by atoms with van der Waals surface area (Å²) in [5, 5.41) is 14.4. The van der Waals surface area contributed by atoms with Crippen molar-refractivity contribution in [3.05, 3.63) is 11.8 Å². The summed E-state index contributed by atoms with van der Waals surface area (Å²) in [6.45, 7) is 1.69. The third-order valence-corrected chi connectivity index (χ3v) is 1.89. The lowest BCUT2D eigenvalue weighted by Gasteiger charge is -2.08. The first-order valence-electron chi connectivity index (χ1n) is 4.70. The van der Waals surface area contributed by atoms with E-state index in [4.69, 9.17) is 15.4 Å². The molecule has 0 fully saturated rings. The van der Waals surface area contributed by atoms with Crippen LogP contribution in [0.5, 0.6) is 0 Å². The SMILES string of the molecule is Cc1cc(NC(=O)C(N)CCC(=O)O)no1. The smallest absolute Gasteiger partial charge is 0.303 e. The Kier molecular flexibility index (Phi) is 4.01. The van der Waals surface area contributed by atoms with Crippen LogP contribution in [0.25, 0.3) is 0 Å². The number of hydrogen-bond acceptors (Lipinski definition) is 5. The first-order valence-corrected chi connectivity index (χ1v) is 4.70. The molecule has 4 N–H and O–H groups in total. The predicted octanol–water partition coefficient (Wildman–Crippen LogP) is 0.114. The fourth-order valence-electron chi connectivity index (χ4n) is 1.05. The van der Waals surface area contributed by atoms with Gasteiger partial charge in [0.05, 0.1) is 6.04 Å². The van der Waals surface area contributed by atoms with Crippen LogP contribution in [0.4, 0.5) is 5.82 Å². The second-order valence-corrected chi connectivity index (χ2v) is 3.35. The highest BCUT2D eigenvalue weighted by Crippen LogP contribution is 2.07. The molecule has 7 heteroatoms. The molecule has 0 aromatic carbocycles. The van der Waals surface area contributed by atoms with Crippen LogP contribution in [0, 0.1) is 6.92 Å². The van der Waals surface area contributed by atoms with E-state index < -0.39 is 17.9 Å². The number of hydrogen-bond donors (Lipinski definition) is 3. The number of rotatable bonds is 5. The van der Waals surface area contributed by atoms with Gasteiger partial charge in [-0.15, -0.1) is 0 Å². The number of amides is 1. The quantitative estimate of drug-likeness (QED) is 0.657. The molecule has 1 amide bonds. The second-order valence-electron chi connectivity index (χ2n) is 3.35. The van der Waals surface area contributed by atoms with Crippen molar-refractivity contribution in [1.29, 1.82) is 0 Å². The highest BCUT2D eigenvalue weighted by Gasteiger charge is 2.16. The van der Waals surface area contributed by atoms with Crippen LogP contribution in [-0.4, -0.2) is 28.2 Å². The Balaban J connectivity index is 2.42. The number of nitrogens with zero attached hydrogens (tertiary/aromatic N) is 1. The molecular weight excluding hydrogens is 214 g/mol. The van der Waals surface area contributed by atoms with Gasteiger partial charge in [0.2, 0.25) is 5.91 Å². The monoisotopic (exact) mass is 227 g/mol. The maximum absolute atomic E-state index is 11.4. The summed E-state index contributed by atoms with van der Waals surface area (Å²) in [5.74, 6) is -0.627. The van der Waals surface area contributed by atoms with E-state index in [9.17, 15) is 9.59 Å². The van der Waals surface area contributed by atoms with Crippen molar-refractivity contribution in [3.8, 4) is 0 Å². The van der Waals surface area contributed by atoms with Gasteiger partial charge in [0.15, 0.2) is 5.82 Å². The molecule has 7 nitrogen and oxygen atoms in total. The van der Waals surface area contributed by atoms with Gasteiger partial charge in [0.1, 0.15) is 5.76 Å². The number of nitrogens with two attached hydrogens (primary N) is 1. The van der Waals surface area contributed by atoms with E-state index in [0.29, 0.717) is 5.76 Å². The van der Waals surface area contributed by atoms with Crippen LogP contribution in [0.15, 0.2) is 10.6 Å². The van der Waals surface area contributed by atoms with Crippen molar-refractivity contribution in [2.24, 2.45) is 5.73 Å². The van der Waals surface area contributed by atoms with Crippen molar-refractivity contribution in [1.82, 2.24) is 5.16 Å². The van der Waals surface area contributed by atoms with Gasteiger partial charge in [0, 0.05) is 12.5 Å². The fourth-order valence-corrected chi connectivity index (χ4v) is 1.05. The van der Waals surface area contributed by atoms with Crippen LogP contribution in [-0.2, 0) is 9.59 Å². The third kappa shape index (κ3) is 3.70. The lowest BCUT2D eigenvalue weighted by atomic mass is 10.1. The fraction of sp³-hybridized carbons (Fsp3) is 0.444. The molecule has 1 heterocycles. The van der Waals surface area contributed by atoms with Crippen LogP contribution in [0.1, 0.15) is 18.6 Å². The minimum Gasteiger partial charge on any atom is -0.481 e. The average molecular weight is 227 g/mol. The summed E-state index contributed by atoms with van der Waals surface area (Å²) in [7, 11) is 0. The normalized spacial score (nSPS) is 12.1. The molecule has 0 saturated heterocycles. The molecule has 1 aromatic heterocycles. The van der Waals surface area contributed by atoms with E-state index in [1.54, 1.807) is 13.0 Å². The Labute approximate surface area is 91.6 Å². The molecule has 1 aromatic rings. The molecule has 0 aliphatic rings. The number of aromatic nitrogens is 1. The summed E-state index contributed by atoms with van der Waals surface area (Å²) < 4.78 is 4.74. The van der Waals surface area contributed by atoms with Crippen molar-refractivity contribution in [2.75, 3.05) is 5.32 Å². The molecule has 0 spiro atoms. The van der Waals surface area contributed by atoms with Crippen molar-refractivity contribution < 1.29 is 19.2 Å². The van der Waals surface area contributed by atoms with Crippen LogP contribution < -0.4 is 11.1 Å². The lowest BCUT2D eigenvalue weighted by molar-refractivity contribution is -0.137. The maximum Gasteiger partial charge on any atom is 0.303 e. The van der Waals surface area contributed by atoms with E-state index in [1.165, 1.54) is 0 Å². The molecule has 0 radical (unpaired) electrons. The molecule has 0 aliphatic heterocycles. The summed E-state index contributed by atoms with van der Waals surface area (Å²) in [5.41, 5.74) is 5.49. The summed E-state index contributed by atoms with van der Waals surface area (Å²) >= 11 is 0. The van der Waals surface area contributed by atoms with Gasteiger partial charge < -0.3 is 20.7 Å². The van der Waals surface area contributed by atoms with Gasteiger partial charge >= 0.3 is 5.97 Å². The molecule has 0 saturated carbocycles. The third-order valence-electron chi connectivity index (χ3n) is 1.89. The number of carboxylic acids is 1. The molecule has 1 unspecified atom stereocenters. The maximum atomic E-state index is 11.4. The lowest BCUT2D eigenvalue weighted by Crippen LogP contribution is -2.36. The number of carboxylic acid groups (broad SMARTS) is 1. The van der Waals surface area contributed by atoms with E-state index in [-0.39, 0.29) is 18.7 Å². The Morgan fingerprint density at radius 3 is 2.88 bits per heavy atom. The summed E-state index contributed by atoms with van der Waals surface area (Å²) in [6.07, 6.45) is -0.0650. The van der Waals surface area contributed by atoms with Crippen LogP contribution in [0.2, 0.25) is 0 Å². The number of anilines is 1. The number of nitrogens with one attached hydrogen (secondary N) is 1. The Morgan fingerprint density at radius 1 is 1.69 bits per heavy atom. The highest BCUT2D eigenvalue weighted by atomic mass is 16.5. The summed E-state index contributed by atoms with van der Waals surface area (Å²) in [6, 6.07) is 0.676. The topological polar surface area (TPSA) is 118 Å². The Hall–Kier alpha value is -1.89. The Morgan fingerprint density at radius 2 is 2.38 bits per heavy atom. The van der Waals surface area contributed by atoms with Crippen LogP contribution >= 0.6 is 0 Å². The molecule has 0 aliphatic carbocycles. The van der Waals surface area contributed by atoms with E-state index in [0.717, 1.165) is 0 Å². The van der Waals surface area contributed by atoms with Gasteiger partial charge in [-0.25, -0.2) is 0 Å². The molecule has 1 atom stereocenters. The molecule has 16 heavy (non-hydrogen) atoms. The zero-order valence-electron chi connectivity index (χ0n) is 8.77. The Bertz CT molecular complexity index is 388. The van der Waals surface area contributed by atoms with E-state index >= 15 is 0 Å². The average Bonchev–Trinajstić information content (AvgIpc) is 2.60. The zero-order valence-corrected chi connectivity index (χ0v) is 8.77. The number of aryl methyl sites for hydroxylation is 1. The minimum atomic E-state index is -0.986. The summed E-state index contributed by atoms with van der Waals surface area (Å²) in [4.78, 5) is 21.7. The first-order chi connectivity index (χ1) is 7.49. The predicted molar refractivity (Wildman–Crippen MR) is 54.7 cm³/mol. The van der Waals surface area contributed by atoms with Crippen molar-refractivity contribution >= 4 is 17.7 Å². The molecular formula is C9H13N3O4. The van der Waals surface area contributed by atoms with Crippen LogP contribution in [0.3, 0.4) is 0 Å². The highest BCUT2D eigenvalue weighted by molar-refractivity contribution is 5.94. The van der Waals surface area contributed by atoms with E-state index in [2.05, 4.69) is 10.5 Å². The minimum absolute atomic E-state index is 0.0813.